The fraction of sp³-hybridized carbons (Fsp3) is 0.167. The Morgan fingerprint density at radius 3 is 3.33 bits per heavy atom. The number of fused-ring (bicyclic) bond motifs is 1. The van der Waals surface area contributed by atoms with Crippen molar-refractivity contribution in [2.45, 2.75) is 6.92 Å². The maximum atomic E-state index is 4.94. The maximum Gasteiger partial charge on any atom is 0.124 e. The quantitative estimate of drug-likeness (QED) is 0.526. The van der Waals surface area contributed by atoms with Gasteiger partial charge in [0, 0.05) is 6.07 Å². The van der Waals surface area contributed by atoms with Crippen LogP contribution in [0.1, 0.15) is 5.69 Å². The van der Waals surface area contributed by atoms with Gasteiger partial charge in [0.15, 0.2) is 0 Å². The summed E-state index contributed by atoms with van der Waals surface area (Å²) >= 11 is 0. The zero-order chi connectivity index (χ0) is 6.27. The molecule has 0 aliphatic carbocycles. The van der Waals surface area contributed by atoms with Crippen molar-refractivity contribution in [2.24, 2.45) is 0 Å². The Morgan fingerprint density at radius 2 is 2.56 bits per heavy atom. The van der Waals surface area contributed by atoms with E-state index in [1.54, 1.807) is 6.26 Å². The Morgan fingerprint density at radius 1 is 1.67 bits per heavy atom. The number of hydrogen-bond acceptors (Lipinski definition) is 2. The summed E-state index contributed by atoms with van der Waals surface area (Å²) in [5, 5.41) is 4.02. The Balaban J connectivity index is 2.92. The number of hydrogen-bond donors (Lipinski definition) is 0. The van der Waals surface area contributed by atoms with E-state index in [-0.39, 0.29) is 0 Å². The smallest absolute Gasteiger partial charge is 0.124 e. The van der Waals surface area contributed by atoms with E-state index in [0.717, 1.165) is 11.2 Å². The summed E-state index contributed by atoms with van der Waals surface area (Å²) in [6, 6.07) is 3.84. The van der Waals surface area contributed by atoms with Gasteiger partial charge >= 0.3 is 0 Å². The largest absolute Gasteiger partial charge is 0.365 e. The van der Waals surface area contributed by atoms with Crippen molar-refractivity contribution in [3.63, 3.8) is 0 Å². The van der Waals surface area contributed by atoms with Gasteiger partial charge in [0.2, 0.25) is 0 Å². The molecule has 9 heavy (non-hydrogen) atoms. The van der Waals surface area contributed by atoms with E-state index >= 15 is 0 Å². The van der Waals surface area contributed by atoms with Crippen LogP contribution in [0.2, 0.25) is 0 Å². The summed E-state index contributed by atoms with van der Waals surface area (Å²) in [6.07, 6.45) is 1.61. The van der Waals surface area contributed by atoms with Crippen LogP contribution < -0.4 is 0 Å². The molecule has 0 amide bonds. The first kappa shape index (κ1) is 4.61. The average molecular weight is 122 g/mol. The highest BCUT2D eigenvalue weighted by molar-refractivity contribution is 5.44. The molecule has 0 N–H and O–H groups in total. The number of aromatic nitrogens is 2. The topological polar surface area (TPSA) is 30.4 Å². The lowest BCUT2D eigenvalue weighted by molar-refractivity contribution is 0.337. The number of aryl methyl sites for hydroxylation is 1. The molecule has 3 nitrogen and oxygen atoms in total. The third-order valence-electron chi connectivity index (χ3n) is 1.23. The van der Waals surface area contributed by atoms with E-state index in [1.807, 2.05) is 19.1 Å². The molecule has 2 heterocycles. The highest BCUT2D eigenvalue weighted by atomic mass is 16.5. The molecule has 0 bridgehead atoms. The molecule has 2 rings (SSSR count). The van der Waals surface area contributed by atoms with Crippen LogP contribution in [-0.2, 0) is 0 Å². The molecule has 0 atom stereocenters. The molecule has 3 heteroatoms. The van der Waals surface area contributed by atoms with E-state index < -0.39 is 0 Å². The Hall–Kier alpha value is -1.25. The van der Waals surface area contributed by atoms with Gasteiger partial charge in [-0.05, 0) is 13.0 Å². The fourth-order valence-electron chi connectivity index (χ4n) is 0.853. The van der Waals surface area contributed by atoms with Crippen molar-refractivity contribution in [3.8, 4) is 0 Å². The van der Waals surface area contributed by atoms with Crippen LogP contribution in [0, 0.1) is 6.92 Å². The zero-order valence-electron chi connectivity index (χ0n) is 5.03. The van der Waals surface area contributed by atoms with E-state index in [0.29, 0.717) is 0 Å². The molecule has 0 spiro atoms. The molecule has 0 unspecified atom stereocenters. The minimum absolute atomic E-state index is 0.981. The van der Waals surface area contributed by atoms with Gasteiger partial charge in [-0.3, -0.25) is 0 Å². The van der Waals surface area contributed by atoms with Crippen LogP contribution in [0.4, 0.5) is 0 Å². The van der Waals surface area contributed by atoms with Crippen molar-refractivity contribution < 1.29 is 4.52 Å². The first-order valence-corrected chi connectivity index (χ1v) is 2.76. The van der Waals surface area contributed by atoms with Gasteiger partial charge in [0.1, 0.15) is 11.8 Å². The summed E-state index contributed by atoms with van der Waals surface area (Å²) in [4.78, 5) is 0. The summed E-state index contributed by atoms with van der Waals surface area (Å²) in [5.41, 5.74) is 1.99. The Bertz CT molecular complexity index is 292. The van der Waals surface area contributed by atoms with Crippen LogP contribution in [-0.4, -0.2) is 9.79 Å². The second kappa shape index (κ2) is 1.37. The van der Waals surface area contributed by atoms with Crippen LogP contribution in [0.5, 0.6) is 0 Å². The summed E-state index contributed by atoms with van der Waals surface area (Å²) < 4.78 is 6.44. The lowest BCUT2D eigenvalue weighted by Gasteiger charge is -1.74. The molecule has 0 saturated carbocycles. The fourth-order valence-corrected chi connectivity index (χ4v) is 0.853. The third-order valence-corrected chi connectivity index (χ3v) is 1.23. The normalized spacial score (nSPS) is 10.8. The van der Waals surface area contributed by atoms with Crippen molar-refractivity contribution in [3.05, 3.63) is 24.1 Å². The maximum absolute atomic E-state index is 4.94. The van der Waals surface area contributed by atoms with Crippen molar-refractivity contribution in [1.29, 1.82) is 0 Å². The average Bonchev–Trinajstić information content (AvgIpc) is 2.22. The molecule has 0 aliphatic rings. The molecule has 46 valence electrons. The minimum Gasteiger partial charge on any atom is -0.365 e. The molecule has 0 aliphatic heterocycles. The van der Waals surface area contributed by atoms with Gasteiger partial charge in [0.25, 0.3) is 0 Å². The van der Waals surface area contributed by atoms with E-state index in [9.17, 15) is 0 Å². The SMILES string of the molecule is Cc1cc2ccon2n1. The van der Waals surface area contributed by atoms with Gasteiger partial charge in [-0.2, -0.15) is 0 Å². The van der Waals surface area contributed by atoms with Crippen LogP contribution in [0.25, 0.3) is 5.52 Å². The van der Waals surface area contributed by atoms with Gasteiger partial charge in [-0.15, -0.1) is 5.10 Å². The first-order valence-electron chi connectivity index (χ1n) is 2.76. The Kier molecular flexibility index (Phi) is 0.704. The van der Waals surface area contributed by atoms with Gasteiger partial charge < -0.3 is 4.52 Å². The number of nitrogens with zero attached hydrogens (tertiary/aromatic N) is 2. The van der Waals surface area contributed by atoms with E-state index in [1.165, 1.54) is 4.69 Å². The molecular weight excluding hydrogens is 116 g/mol. The molecule has 0 radical (unpaired) electrons. The van der Waals surface area contributed by atoms with Gasteiger partial charge in [-0.25, -0.2) is 0 Å². The predicted octanol–water partition coefficient (Wildman–Crippen LogP) is 1.24. The first-order chi connectivity index (χ1) is 4.36. The molecule has 0 fully saturated rings. The van der Waals surface area contributed by atoms with Crippen LogP contribution >= 0.6 is 0 Å². The molecule has 2 aromatic rings. The Labute approximate surface area is 51.8 Å². The standard InChI is InChI=1S/C6H6N2O/c1-5-4-6-2-3-9-8(6)7-5/h2-4H,1H3. The van der Waals surface area contributed by atoms with Crippen molar-refractivity contribution >= 4 is 5.52 Å². The highest BCUT2D eigenvalue weighted by Crippen LogP contribution is 2.04. The zero-order valence-corrected chi connectivity index (χ0v) is 5.03. The van der Waals surface area contributed by atoms with Crippen molar-refractivity contribution in [2.75, 3.05) is 0 Å². The summed E-state index contributed by atoms with van der Waals surface area (Å²) in [5.74, 6) is 0. The highest BCUT2D eigenvalue weighted by Gasteiger charge is 1.95. The van der Waals surface area contributed by atoms with Crippen LogP contribution in [0.15, 0.2) is 22.9 Å². The summed E-state index contributed by atoms with van der Waals surface area (Å²) in [6.45, 7) is 1.93. The summed E-state index contributed by atoms with van der Waals surface area (Å²) in [7, 11) is 0. The monoisotopic (exact) mass is 122 g/mol. The second-order valence-electron chi connectivity index (χ2n) is 1.99. The lowest BCUT2D eigenvalue weighted by atomic mass is 10.4. The minimum atomic E-state index is 0.981. The molecule has 0 saturated heterocycles. The third kappa shape index (κ3) is 0.543. The lowest BCUT2D eigenvalue weighted by Crippen LogP contribution is -1.77. The number of rotatable bonds is 0. The molecule has 0 aromatic carbocycles. The van der Waals surface area contributed by atoms with Crippen LogP contribution in [0.3, 0.4) is 0 Å². The van der Waals surface area contributed by atoms with Gasteiger partial charge in [-0.1, -0.05) is 4.69 Å². The molecule has 2 aromatic heterocycles. The molecular formula is C6H6N2O. The predicted molar refractivity (Wildman–Crippen MR) is 32.2 cm³/mol. The van der Waals surface area contributed by atoms with E-state index in [2.05, 4.69) is 5.10 Å². The second-order valence-corrected chi connectivity index (χ2v) is 1.99. The van der Waals surface area contributed by atoms with E-state index in [4.69, 9.17) is 4.52 Å². The van der Waals surface area contributed by atoms with Crippen molar-refractivity contribution in [1.82, 2.24) is 9.79 Å². The van der Waals surface area contributed by atoms with Gasteiger partial charge in [0.05, 0.1) is 5.69 Å².